The Morgan fingerprint density at radius 1 is 0.929 bits per heavy atom. The zero-order valence-corrected chi connectivity index (χ0v) is 15.9. The van der Waals surface area contributed by atoms with Gasteiger partial charge < -0.3 is 9.64 Å². The van der Waals surface area contributed by atoms with Crippen molar-refractivity contribution in [3.63, 3.8) is 0 Å². The lowest BCUT2D eigenvalue weighted by molar-refractivity contribution is 0.0988. The molecule has 0 unspecified atom stereocenters. The predicted molar refractivity (Wildman–Crippen MR) is 108 cm³/mol. The average molecular weight is 394 g/mol. The highest BCUT2D eigenvalue weighted by molar-refractivity contribution is 7.92. The summed E-state index contributed by atoms with van der Waals surface area (Å²) in [5.74, 6) is 0.690. The first-order valence-electron chi connectivity index (χ1n) is 8.80. The number of rotatable bonds is 4. The quantitative estimate of drug-likeness (QED) is 0.717. The van der Waals surface area contributed by atoms with E-state index in [9.17, 15) is 13.2 Å². The maximum atomic E-state index is 12.9. The number of hydrogen-bond donors (Lipinski definition) is 1. The van der Waals surface area contributed by atoms with Crippen LogP contribution in [0, 0.1) is 0 Å². The summed E-state index contributed by atoms with van der Waals surface area (Å²) in [6.07, 6.45) is 0. The summed E-state index contributed by atoms with van der Waals surface area (Å²) < 4.78 is 33.7. The van der Waals surface area contributed by atoms with Gasteiger partial charge in [0.2, 0.25) is 0 Å². The Morgan fingerprint density at radius 3 is 2.39 bits per heavy atom. The standard InChI is InChI=1S/C21H18N2O4S/c1-2-23-18-13-12-15(22-28(25,26)16-8-4-3-5-9-16)14-20(18)27-19-11-7-6-10-17(19)21(23)24/h3-14,22H,2H2,1H3. The van der Waals surface area contributed by atoms with E-state index in [1.54, 1.807) is 65.6 Å². The lowest BCUT2D eigenvalue weighted by Gasteiger charge is -2.20. The topological polar surface area (TPSA) is 75.7 Å². The van der Waals surface area contributed by atoms with Gasteiger partial charge in [-0.1, -0.05) is 30.3 Å². The van der Waals surface area contributed by atoms with E-state index < -0.39 is 10.0 Å². The fraction of sp³-hybridized carbons (Fsp3) is 0.0952. The summed E-state index contributed by atoms with van der Waals surface area (Å²) in [5.41, 5.74) is 1.41. The number of fused-ring (bicyclic) bond motifs is 2. The highest BCUT2D eigenvalue weighted by Crippen LogP contribution is 2.40. The van der Waals surface area contributed by atoms with E-state index in [0.717, 1.165) is 0 Å². The Labute approximate surface area is 163 Å². The summed E-state index contributed by atoms with van der Waals surface area (Å²) in [6.45, 7) is 2.33. The molecule has 0 aliphatic carbocycles. The second-order valence-electron chi connectivity index (χ2n) is 6.25. The van der Waals surface area contributed by atoms with Gasteiger partial charge in [-0.15, -0.1) is 0 Å². The predicted octanol–water partition coefficient (Wildman–Crippen LogP) is 4.26. The normalized spacial score (nSPS) is 13.2. The van der Waals surface area contributed by atoms with Crippen LogP contribution in [0.5, 0.6) is 11.5 Å². The molecular weight excluding hydrogens is 376 g/mol. The zero-order chi connectivity index (χ0) is 19.7. The summed E-state index contributed by atoms with van der Waals surface area (Å²) in [5, 5.41) is 0. The van der Waals surface area contributed by atoms with Crippen molar-refractivity contribution in [2.75, 3.05) is 16.2 Å². The number of nitrogens with zero attached hydrogens (tertiary/aromatic N) is 1. The molecule has 0 spiro atoms. The third-order valence-electron chi connectivity index (χ3n) is 4.46. The molecule has 0 saturated heterocycles. The molecule has 142 valence electrons. The molecule has 0 fully saturated rings. The minimum atomic E-state index is -3.73. The average Bonchev–Trinajstić information content (AvgIpc) is 2.82. The molecule has 6 nitrogen and oxygen atoms in total. The fourth-order valence-corrected chi connectivity index (χ4v) is 4.19. The van der Waals surface area contributed by atoms with E-state index in [0.29, 0.717) is 35.0 Å². The Kier molecular flexibility index (Phi) is 4.52. The Bertz CT molecular complexity index is 1140. The summed E-state index contributed by atoms with van der Waals surface area (Å²) >= 11 is 0. The van der Waals surface area contributed by atoms with Gasteiger partial charge >= 0.3 is 0 Å². The SMILES string of the molecule is CCN1C(=O)c2ccccc2Oc2cc(NS(=O)(=O)c3ccccc3)ccc21. The van der Waals surface area contributed by atoms with Crippen molar-refractivity contribution >= 4 is 27.3 Å². The molecule has 0 bridgehead atoms. The number of nitrogens with one attached hydrogen (secondary N) is 1. The van der Waals surface area contributed by atoms with Crippen molar-refractivity contribution in [2.45, 2.75) is 11.8 Å². The number of benzene rings is 3. The molecule has 3 aromatic rings. The minimum Gasteiger partial charge on any atom is -0.454 e. The Hall–Kier alpha value is -3.32. The molecule has 4 rings (SSSR count). The molecule has 1 N–H and O–H groups in total. The number of ether oxygens (including phenoxy) is 1. The lowest BCUT2D eigenvalue weighted by atomic mass is 10.1. The van der Waals surface area contributed by atoms with Gasteiger partial charge in [0.25, 0.3) is 15.9 Å². The van der Waals surface area contributed by atoms with Crippen LogP contribution in [-0.2, 0) is 10.0 Å². The first kappa shape index (κ1) is 18.1. The van der Waals surface area contributed by atoms with Crippen LogP contribution in [-0.4, -0.2) is 20.9 Å². The van der Waals surface area contributed by atoms with E-state index in [-0.39, 0.29) is 10.8 Å². The van der Waals surface area contributed by atoms with E-state index >= 15 is 0 Å². The van der Waals surface area contributed by atoms with Gasteiger partial charge in [-0.25, -0.2) is 8.42 Å². The van der Waals surface area contributed by atoms with Gasteiger partial charge in [0, 0.05) is 12.6 Å². The highest BCUT2D eigenvalue weighted by Gasteiger charge is 2.27. The molecule has 1 amide bonds. The molecule has 1 aliphatic heterocycles. The van der Waals surface area contributed by atoms with Gasteiger partial charge in [-0.2, -0.15) is 0 Å². The van der Waals surface area contributed by atoms with Crippen LogP contribution < -0.4 is 14.4 Å². The van der Waals surface area contributed by atoms with E-state index in [2.05, 4.69) is 4.72 Å². The van der Waals surface area contributed by atoms with Crippen molar-refractivity contribution < 1.29 is 17.9 Å². The van der Waals surface area contributed by atoms with Gasteiger partial charge in [0.05, 0.1) is 21.8 Å². The molecule has 0 atom stereocenters. The summed E-state index contributed by atoms with van der Waals surface area (Å²) in [4.78, 5) is 14.6. The maximum Gasteiger partial charge on any atom is 0.262 e. The number of carbonyl (C=O) groups is 1. The molecule has 3 aromatic carbocycles. The van der Waals surface area contributed by atoms with Gasteiger partial charge in [-0.05, 0) is 43.3 Å². The van der Waals surface area contributed by atoms with Gasteiger partial charge in [0.1, 0.15) is 5.75 Å². The number of sulfonamides is 1. The van der Waals surface area contributed by atoms with Crippen molar-refractivity contribution in [1.29, 1.82) is 0 Å². The molecule has 0 saturated carbocycles. The van der Waals surface area contributed by atoms with Crippen molar-refractivity contribution in [1.82, 2.24) is 0 Å². The van der Waals surface area contributed by atoms with Crippen LogP contribution >= 0.6 is 0 Å². The molecule has 1 aliphatic rings. The molecule has 0 aromatic heterocycles. The second-order valence-corrected chi connectivity index (χ2v) is 7.93. The van der Waals surface area contributed by atoms with E-state index in [4.69, 9.17) is 4.74 Å². The summed E-state index contributed by atoms with van der Waals surface area (Å²) in [6, 6.07) is 20.0. The zero-order valence-electron chi connectivity index (χ0n) is 15.1. The lowest BCUT2D eigenvalue weighted by Crippen LogP contribution is -2.29. The first-order chi connectivity index (χ1) is 13.5. The van der Waals surface area contributed by atoms with E-state index in [1.165, 1.54) is 12.1 Å². The Morgan fingerprint density at radius 2 is 1.64 bits per heavy atom. The van der Waals surface area contributed by atoms with Gasteiger partial charge in [0.15, 0.2) is 5.75 Å². The van der Waals surface area contributed by atoms with Crippen LogP contribution in [0.15, 0.2) is 77.7 Å². The van der Waals surface area contributed by atoms with Crippen LogP contribution in [0.25, 0.3) is 0 Å². The van der Waals surface area contributed by atoms with Crippen LogP contribution in [0.3, 0.4) is 0 Å². The molecule has 7 heteroatoms. The van der Waals surface area contributed by atoms with E-state index in [1.807, 2.05) is 6.92 Å². The van der Waals surface area contributed by atoms with Crippen LogP contribution in [0.2, 0.25) is 0 Å². The fourth-order valence-electron chi connectivity index (χ4n) is 3.12. The maximum absolute atomic E-state index is 12.9. The third-order valence-corrected chi connectivity index (χ3v) is 5.85. The number of carbonyl (C=O) groups excluding carboxylic acids is 1. The van der Waals surface area contributed by atoms with Crippen LogP contribution in [0.4, 0.5) is 11.4 Å². The van der Waals surface area contributed by atoms with Crippen molar-refractivity contribution in [2.24, 2.45) is 0 Å². The summed E-state index contributed by atoms with van der Waals surface area (Å²) in [7, 11) is -3.73. The number of anilines is 2. The Balaban J connectivity index is 1.75. The van der Waals surface area contributed by atoms with Crippen LogP contribution in [0.1, 0.15) is 17.3 Å². The molecule has 1 heterocycles. The number of amides is 1. The number of hydrogen-bond acceptors (Lipinski definition) is 4. The molecule has 28 heavy (non-hydrogen) atoms. The minimum absolute atomic E-state index is 0.158. The smallest absolute Gasteiger partial charge is 0.262 e. The molecular formula is C21H18N2O4S. The van der Waals surface area contributed by atoms with Crippen molar-refractivity contribution in [3.8, 4) is 11.5 Å². The monoisotopic (exact) mass is 394 g/mol. The second kappa shape index (κ2) is 7.01. The van der Waals surface area contributed by atoms with Gasteiger partial charge in [-0.3, -0.25) is 9.52 Å². The third kappa shape index (κ3) is 3.20. The number of para-hydroxylation sites is 1. The molecule has 0 radical (unpaired) electrons. The van der Waals surface area contributed by atoms with Crippen molar-refractivity contribution in [3.05, 3.63) is 78.4 Å². The highest BCUT2D eigenvalue weighted by atomic mass is 32.2. The first-order valence-corrected chi connectivity index (χ1v) is 10.3. The largest absolute Gasteiger partial charge is 0.454 e.